The lowest BCUT2D eigenvalue weighted by Crippen LogP contribution is -2.43. The summed E-state index contributed by atoms with van der Waals surface area (Å²) in [6.07, 6.45) is 0.554. The van der Waals surface area contributed by atoms with E-state index in [0.717, 1.165) is 44.0 Å². The number of ether oxygens (including phenoxy) is 2. The predicted octanol–water partition coefficient (Wildman–Crippen LogP) is 5.20. The smallest absolute Gasteiger partial charge is 0.406 e. The molecule has 1 saturated carbocycles. The Bertz CT molecular complexity index is 1630. The third-order valence-electron chi connectivity index (χ3n) is 8.26. The Hall–Kier alpha value is -3.40. The number of aromatic nitrogens is 1. The molecule has 5 rings (SSSR count). The zero-order valence-electron chi connectivity index (χ0n) is 24.1. The zero-order chi connectivity index (χ0) is 30.8. The van der Waals surface area contributed by atoms with Gasteiger partial charge in [0.1, 0.15) is 12.3 Å². The number of sulfone groups is 1. The minimum absolute atomic E-state index is 0.00551. The van der Waals surface area contributed by atoms with E-state index in [2.05, 4.69) is 22.5 Å². The van der Waals surface area contributed by atoms with Gasteiger partial charge in [0.2, 0.25) is 0 Å². The first-order valence-electron chi connectivity index (χ1n) is 14.2. The summed E-state index contributed by atoms with van der Waals surface area (Å²) < 4.78 is 76.7. The van der Waals surface area contributed by atoms with Gasteiger partial charge < -0.3 is 29.8 Å². The minimum Gasteiger partial charge on any atom is -0.495 e. The standard InChI is InChI=1S/C31H36F3N3O5S/c1-41-29-16-24(43(2,39)40)8-9-27(29)35-14-4-5-22-15-25-26(6-3-7-28(25)37(22)19-31(32,33)34)36-21-10-12-30(13-11-21)17-23(38)18-42-20-30/h3,6-9,15-16,21,23,35-36,38H,10-14,17-20H2,1-2H3. The Morgan fingerprint density at radius 2 is 1.93 bits per heavy atom. The molecule has 43 heavy (non-hydrogen) atoms. The number of benzene rings is 2. The molecule has 1 atom stereocenters. The average molecular weight is 620 g/mol. The molecule has 1 spiro atoms. The van der Waals surface area contributed by atoms with Crippen molar-refractivity contribution < 1.29 is 36.2 Å². The molecular weight excluding hydrogens is 583 g/mol. The highest BCUT2D eigenvalue weighted by atomic mass is 32.2. The minimum atomic E-state index is -4.44. The molecule has 1 aliphatic carbocycles. The summed E-state index contributed by atoms with van der Waals surface area (Å²) in [5, 5.41) is 17.4. The van der Waals surface area contributed by atoms with Gasteiger partial charge in [-0.2, -0.15) is 13.2 Å². The lowest BCUT2D eigenvalue weighted by atomic mass is 9.69. The van der Waals surface area contributed by atoms with E-state index < -0.39 is 28.7 Å². The van der Waals surface area contributed by atoms with Crippen LogP contribution in [0.25, 0.3) is 10.9 Å². The molecule has 2 aromatic carbocycles. The Morgan fingerprint density at radius 1 is 1.16 bits per heavy atom. The Morgan fingerprint density at radius 3 is 2.60 bits per heavy atom. The fraction of sp³-hybridized carbons (Fsp3) is 0.484. The van der Waals surface area contributed by atoms with Crippen molar-refractivity contribution in [2.75, 3.05) is 43.8 Å². The normalized spacial score (nSPS) is 22.7. The Balaban J connectivity index is 1.35. The van der Waals surface area contributed by atoms with Crippen LogP contribution >= 0.6 is 0 Å². The number of anilines is 2. The highest BCUT2D eigenvalue weighted by Gasteiger charge is 2.40. The van der Waals surface area contributed by atoms with E-state index in [1.165, 1.54) is 23.8 Å². The summed E-state index contributed by atoms with van der Waals surface area (Å²) in [7, 11) is -2.00. The number of hydrogen-bond acceptors (Lipinski definition) is 7. The van der Waals surface area contributed by atoms with Crippen LogP contribution in [0.4, 0.5) is 24.5 Å². The molecule has 2 heterocycles. The highest BCUT2D eigenvalue weighted by molar-refractivity contribution is 7.90. The second-order valence-electron chi connectivity index (χ2n) is 11.6. The van der Waals surface area contributed by atoms with Crippen LogP contribution in [0.15, 0.2) is 47.4 Å². The maximum absolute atomic E-state index is 13.6. The fourth-order valence-corrected chi connectivity index (χ4v) is 6.79. The zero-order valence-corrected chi connectivity index (χ0v) is 24.9. The monoisotopic (exact) mass is 619 g/mol. The van der Waals surface area contributed by atoms with Gasteiger partial charge in [0.15, 0.2) is 9.84 Å². The van der Waals surface area contributed by atoms with Gasteiger partial charge >= 0.3 is 6.18 Å². The number of nitrogens with one attached hydrogen (secondary N) is 2. The van der Waals surface area contributed by atoms with Crippen LogP contribution in [0.1, 0.15) is 37.8 Å². The van der Waals surface area contributed by atoms with Gasteiger partial charge in [-0.25, -0.2) is 8.42 Å². The first-order valence-corrected chi connectivity index (χ1v) is 16.1. The van der Waals surface area contributed by atoms with Crippen molar-refractivity contribution >= 4 is 32.1 Å². The van der Waals surface area contributed by atoms with Crippen LogP contribution in [0.2, 0.25) is 0 Å². The summed E-state index contributed by atoms with van der Waals surface area (Å²) in [6, 6.07) is 11.5. The molecule has 3 N–H and O–H groups in total. The molecule has 0 amide bonds. The molecule has 12 heteroatoms. The number of fused-ring (bicyclic) bond motifs is 1. The number of aliphatic hydroxyl groups excluding tert-OH is 1. The molecule has 232 valence electrons. The lowest BCUT2D eigenvalue weighted by molar-refractivity contribution is -0.140. The van der Waals surface area contributed by atoms with Gasteiger partial charge in [0.25, 0.3) is 0 Å². The number of nitrogens with zero attached hydrogens (tertiary/aromatic N) is 1. The van der Waals surface area contributed by atoms with Crippen molar-refractivity contribution in [2.24, 2.45) is 5.41 Å². The van der Waals surface area contributed by atoms with E-state index in [-0.39, 0.29) is 28.6 Å². The van der Waals surface area contributed by atoms with Crippen molar-refractivity contribution in [1.82, 2.24) is 4.57 Å². The summed E-state index contributed by atoms with van der Waals surface area (Å²) in [5.74, 6) is 6.10. The molecular formula is C31H36F3N3O5S. The second kappa shape index (κ2) is 12.3. The number of hydrogen-bond donors (Lipinski definition) is 3. The van der Waals surface area contributed by atoms with Crippen molar-refractivity contribution in [3.05, 3.63) is 48.2 Å². The van der Waals surface area contributed by atoms with Gasteiger partial charge in [0.05, 0.1) is 54.8 Å². The van der Waals surface area contributed by atoms with Crippen LogP contribution in [0, 0.1) is 17.3 Å². The van der Waals surface area contributed by atoms with Crippen molar-refractivity contribution in [3.63, 3.8) is 0 Å². The number of methoxy groups -OCH3 is 1. The summed E-state index contributed by atoms with van der Waals surface area (Å²) in [5.41, 5.74) is 1.94. The molecule has 1 saturated heterocycles. The molecule has 8 nitrogen and oxygen atoms in total. The first kappa shape index (κ1) is 31.0. The van der Waals surface area contributed by atoms with E-state index >= 15 is 0 Å². The average Bonchev–Trinajstić information content (AvgIpc) is 3.28. The summed E-state index contributed by atoms with van der Waals surface area (Å²) in [6.45, 7) is -0.0432. The Labute approximate surface area is 249 Å². The fourth-order valence-electron chi connectivity index (χ4n) is 6.16. The van der Waals surface area contributed by atoms with Crippen LogP contribution in [-0.4, -0.2) is 69.5 Å². The molecule has 0 bridgehead atoms. The molecule has 2 fully saturated rings. The van der Waals surface area contributed by atoms with Crippen molar-refractivity contribution in [2.45, 2.75) is 61.9 Å². The quantitative estimate of drug-likeness (QED) is 0.313. The van der Waals surface area contributed by atoms with Crippen molar-refractivity contribution in [3.8, 4) is 17.6 Å². The van der Waals surface area contributed by atoms with Gasteiger partial charge in [0, 0.05) is 29.4 Å². The SMILES string of the molecule is COc1cc(S(C)(=O)=O)ccc1NCC#Cc1cc2c(NC3CCC4(CC3)COCC(O)C4)cccc2n1CC(F)(F)F. The van der Waals surface area contributed by atoms with Crippen LogP contribution in [0.5, 0.6) is 5.75 Å². The van der Waals surface area contributed by atoms with Crippen LogP contribution < -0.4 is 15.4 Å². The van der Waals surface area contributed by atoms with E-state index in [0.29, 0.717) is 35.6 Å². The molecule has 0 radical (unpaired) electrons. The van der Waals surface area contributed by atoms with Gasteiger partial charge in [-0.3, -0.25) is 0 Å². The molecule has 1 aromatic heterocycles. The third kappa shape index (κ3) is 7.40. The molecule has 2 aliphatic rings. The van der Waals surface area contributed by atoms with E-state index in [1.807, 2.05) is 6.07 Å². The van der Waals surface area contributed by atoms with Crippen LogP contribution in [0.3, 0.4) is 0 Å². The van der Waals surface area contributed by atoms with E-state index in [1.54, 1.807) is 24.3 Å². The predicted molar refractivity (Wildman–Crippen MR) is 159 cm³/mol. The number of rotatable bonds is 7. The number of aliphatic hydroxyl groups is 1. The highest BCUT2D eigenvalue weighted by Crippen LogP contribution is 2.43. The third-order valence-corrected chi connectivity index (χ3v) is 9.37. The second-order valence-corrected chi connectivity index (χ2v) is 13.6. The van der Waals surface area contributed by atoms with E-state index in [4.69, 9.17) is 9.47 Å². The van der Waals surface area contributed by atoms with E-state index in [9.17, 15) is 26.7 Å². The van der Waals surface area contributed by atoms with Crippen LogP contribution in [-0.2, 0) is 21.1 Å². The first-order chi connectivity index (χ1) is 20.4. The maximum Gasteiger partial charge on any atom is 0.406 e. The summed E-state index contributed by atoms with van der Waals surface area (Å²) in [4.78, 5) is 0.108. The molecule has 1 aliphatic heterocycles. The van der Waals surface area contributed by atoms with Gasteiger partial charge in [-0.15, -0.1) is 0 Å². The largest absolute Gasteiger partial charge is 0.495 e. The molecule has 3 aromatic rings. The number of halogens is 3. The van der Waals surface area contributed by atoms with Gasteiger partial charge in [-0.05, 0) is 73.8 Å². The van der Waals surface area contributed by atoms with Gasteiger partial charge in [-0.1, -0.05) is 12.0 Å². The van der Waals surface area contributed by atoms with Crippen molar-refractivity contribution in [1.29, 1.82) is 0 Å². The Kier molecular flexibility index (Phi) is 8.88. The topological polar surface area (TPSA) is 102 Å². The maximum atomic E-state index is 13.6. The lowest BCUT2D eigenvalue weighted by Gasteiger charge is -2.44. The molecule has 1 unspecified atom stereocenters. The number of alkyl halides is 3. The summed E-state index contributed by atoms with van der Waals surface area (Å²) >= 11 is 0.